The lowest BCUT2D eigenvalue weighted by molar-refractivity contribution is -0.681. The molecule has 7 rings (SSSR count). The Balaban J connectivity index is 0.000000273. The number of halogens is 25. The van der Waals surface area contributed by atoms with Crippen molar-refractivity contribution in [2.75, 3.05) is 0 Å². The Morgan fingerprint density at radius 3 is 0.826 bits per heavy atom. The molecule has 0 fully saturated rings. The minimum atomic E-state index is -7.22. The van der Waals surface area contributed by atoms with Gasteiger partial charge in [-0.2, -0.15) is 4.57 Å². The van der Waals surface area contributed by atoms with Crippen molar-refractivity contribution >= 4 is 44.6 Å². The van der Waals surface area contributed by atoms with E-state index in [-0.39, 0.29) is 0 Å². The van der Waals surface area contributed by atoms with E-state index in [0.717, 1.165) is 10.8 Å². The largest absolute Gasteiger partial charge is 0.287 e. The predicted octanol–water partition coefficient (Wildman–Crippen LogP) is 9.55. The zero-order chi connectivity index (χ0) is 51.8. The van der Waals surface area contributed by atoms with Crippen molar-refractivity contribution in [3.05, 3.63) is 194 Å². The van der Waals surface area contributed by atoms with Crippen LogP contribution in [0.4, 0.5) is 110 Å². The van der Waals surface area contributed by atoms with Crippen molar-refractivity contribution in [1.82, 2.24) is 0 Å². The SMILES string of the molecule is Fc1c(F)c(F)c([B-](c2c(F)c(F)c(F)c(F)c2F)(c2c(F)c(F)c(F)c(F)c2F)c2c(F)c(F)c(F)c(F)c2F)c(F)c1F.O=C(C[n+]1ccc2ccccc2c1)c1c(F)c(F)c(F)c(F)c1F. The van der Waals surface area contributed by atoms with Crippen LogP contribution < -0.4 is 26.4 Å². The van der Waals surface area contributed by atoms with Crippen molar-refractivity contribution in [3.8, 4) is 0 Å². The van der Waals surface area contributed by atoms with Crippen LogP contribution in [0.2, 0.25) is 0 Å². The van der Waals surface area contributed by atoms with Gasteiger partial charge >= 0.3 is 0 Å². The molecule has 28 heteroatoms. The van der Waals surface area contributed by atoms with E-state index >= 15 is 35.1 Å². The van der Waals surface area contributed by atoms with Crippen molar-refractivity contribution in [1.29, 1.82) is 0 Å². The van der Waals surface area contributed by atoms with Gasteiger partial charge in [-0.05, 0) is 11.5 Å². The summed E-state index contributed by atoms with van der Waals surface area (Å²) in [5, 5.41) is 1.63. The van der Waals surface area contributed by atoms with E-state index in [2.05, 4.69) is 0 Å². The van der Waals surface area contributed by atoms with E-state index in [1.54, 1.807) is 24.4 Å². The molecule has 0 unspecified atom stereocenters. The number of aromatic nitrogens is 1. The number of carbonyl (C=O) groups is 1. The third kappa shape index (κ3) is 7.71. The van der Waals surface area contributed by atoms with Crippen LogP contribution in [0.25, 0.3) is 10.8 Å². The molecule has 0 N–H and O–H groups in total. The maximum Gasteiger partial charge on any atom is 0.233 e. The van der Waals surface area contributed by atoms with Crippen LogP contribution in [-0.2, 0) is 6.54 Å². The number of Topliss-reactive ketones (excluding diaryl/α,β-unsaturated/α-hetero) is 1. The van der Waals surface area contributed by atoms with Crippen molar-refractivity contribution in [2.24, 2.45) is 0 Å². The molecule has 0 saturated carbocycles. The van der Waals surface area contributed by atoms with Gasteiger partial charge in [0.2, 0.25) is 18.1 Å². The highest BCUT2D eigenvalue weighted by molar-refractivity contribution is 7.20. The first-order chi connectivity index (χ1) is 32.1. The number of hydrogen-bond acceptors (Lipinski definition) is 1. The molecule has 6 aromatic carbocycles. The van der Waals surface area contributed by atoms with E-state index < -0.39 is 191 Å². The maximum absolute atomic E-state index is 15.4. The zero-order valence-electron chi connectivity index (χ0n) is 32.1. The van der Waals surface area contributed by atoms with Crippen molar-refractivity contribution in [2.45, 2.75) is 6.54 Å². The number of pyridine rings is 1. The van der Waals surface area contributed by atoms with Crippen molar-refractivity contribution < 1.29 is 119 Å². The fourth-order valence-electron chi connectivity index (χ4n) is 7.25. The standard InChI is InChI=1S/C24BF20.C17H9F5NO/c26-5-1(6(27)14(35)21(42)13(5)34)25(2-7(28)15(36)22(43)16(37)8(2)29,3-9(30)17(38)23(44)18(39)10(3)31)4-11(32)19(40)24(45)20(41)12(4)33;18-13-12(14(19)16(21)17(22)15(13)20)11(24)8-23-6-5-9-3-1-2-4-10(9)7-23/h;1-7H,8H2/q-1;+1. The van der Waals surface area contributed by atoms with Crippen LogP contribution in [0.15, 0.2) is 42.7 Å². The van der Waals surface area contributed by atoms with Crippen LogP contribution in [0.5, 0.6) is 0 Å². The number of nitrogens with zero attached hydrogens (tertiary/aromatic N) is 1. The lowest BCUT2D eigenvalue weighted by atomic mass is 9.12. The smallest absolute Gasteiger partial charge is 0.233 e. The van der Waals surface area contributed by atoms with E-state index in [1.165, 1.54) is 10.8 Å². The van der Waals surface area contributed by atoms with Gasteiger partial charge in [-0.15, -0.1) is 21.9 Å². The second kappa shape index (κ2) is 18.3. The van der Waals surface area contributed by atoms with E-state index in [1.807, 2.05) is 12.1 Å². The summed E-state index contributed by atoms with van der Waals surface area (Å²) in [6.07, 6.45) is -4.20. The van der Waals surface area contributed by atoms with Crippen LogP contribution >= 0.6 is 0 Å². The Kier molecular flexibility index (Phi) is 13.6. The topological polar surface area (TPSA) is 20.9 Å². The first-order valence-electron chi connectivity index (χ1n) is 17.8. The zero-order valence-corrected chi connectivity index (χ0v) is 32.1. The molecule has 69 heavy (non-hydrogen) atoms. The maximum atomic E-state index is 15.4. The second-order valence-electron chi connectivity index (χ2n) is 13.9. The molecule has 0 spiro atoms. The van der Waals surface area contributed by atoms with E-state index in [9.17, 15) is 79.4 Å². The average molecular weight is 1020 g/mol. The Bertz CT molecular complexity index is 2930. The van der Waals surface area contributed by atoms with Gasteiger partial charge in [0.25, 0.3) is 0 Å². The number of carbonyl (C=O) groups excluding carboxylic acids is 1. The lowest BCUT2D eigenvalue weighted by Gasteiger charge is -2.44. The summed E-state index contributed by atoms with van der Waals surface area (Å²) < 4.78 is 362. The highest BCUT2D eigenvalue weighted by atomic mass is 19.2. The normalized spacial score (nSPS) is 11.7. The summed E-state index contributed by atoms with van der Waals surface area (Å²) in [5.41, 5.74) is -15.8. The molecule has 0 aliphatic carbocycles. The molecule has 7 aromatic rings. The van der Waals surface area contributed by atoms with Crippen molar-refractivity contribution in [3.63, 3.8) is 0 Å². The van der Waals surface area contributed by atoms with Gasteiger partial charge in [-0.1, -0.05) is 18.2 Å². The lowest BCUT2D eigenvalue weighted by Crippen LogP contribution is -2.81. The molecule has 1 aromatic heterocycles. The van der Waals surface area contributed by atoms with E-state index in [4.69, 9.17) is 0 Å². The molecule has 0 radical (unpaired) electrons. The van der Waals surface area contributed by atoms with E-state index in [0.29, 0.717) is 0 Å². The molecule has 0 bridgehead atoms. The molecule has 0 aliphatic heterocycles. The number of ketones is 1. The van der Waals surface area contributed by atoms with Gasteiger partial charge in [0, 0.05) is 11.5 Å². The number of hydrogen-bond donors (Lipinski definition) is 0. The van der Waals surface area contributed by atoms with Gasteiger partial charge in [-0.3, -0.25) is 4.79 Å². The first-order valence-corrected chi connectivity index (χ1v) is 17.8. The van der Waals surface area contributed by atoms with Gasteiger partial charge in [0.05, 0.1) is 0 Å². The molecule has 0 amide bonds. The third-order valence-electron chi connectivity index (χ3n) is 10.3. The predicted molar refractivity (Wildman–Crippen MR) is 184 cm³/mol. The van der Waals surface area contributed by atoms with Gasteiger partial charge in [0.15, 0.2) is 105 Å². The summed E-state index contributed by atoms with van der Waals surface area (Å²) in [5.74, 6) is -83.4. The molecule has 2 nitrogen and oxygen atoms in total. The minimum Gasteiger partial charge on any atom is -0.287 e. The summed E-state index contributed by atoms with van der Waals surface area (Å²) >= 11 is 0. The number of fused-ring (bicyclic) bond motifs is 1. The Hall–Kier alpha value is -7.29. The second-order valence-corrected chi connectivity index (χ2v) is 13.9. The highest BCUT2D eigenvalue weighted by Crippen LogP contribution is 2.31. The summed E-state index contributed by atoms with van der Waals surface area (Å²) in [7, 11) is 0. The van der Waals surface area contributed by atoms with Crippen LogP contribution in [0, 0.1) is 145 Å². The van der Waals surface area contributed by atoms with Gasteiger partial charge in [0.1, 0.15) is 58.2 Å². The molecule has 362 valence electrons. The van der Waals surface area contributed by atoms with Crippen LogP contribution in [0.1, 0.15) is 10.4 Å². The molecule has 0 saturated heterocycles. The fourth-order valence-corrected chi connectivity index (χ4v) is 7.25. The Labute approximate surface area is 364 Å². The third-order valence-corrected chi connectivity index (χ3v) is 10.3. The summed E-state index contributed by atoms with van der Waals surface area (Å²) in [6, 6.07) is 8.83. The molecule has 1 heterocycles. The van der Waals surface area contributed by atoms with Crippen LogP contribution in [-0.4, -0.2) is 11.9 Å². The monoisotopic (exact) mass is 1020 g/mol. The Morgan fingerprint density at radius 1 is 0.319 bits per heavy atom. The molecular weight excluding hydrogens is 1010 g/mol. The highest BCUT2D eigenvalue weighted by Gasteiger charge is 2.52. The average Bonchev–Trinajstić information content (AvgIpc) is 3.32. The number of rotatable bonds is 7. The summed E-state index contributed by atoms with van der Waals surface area (Å²) in [4.78, 5) is 12.1. The molecular formula is C41H9BF25NO. The number of benzene rings is 6. The Morgan fingerprint density at radius 2 is 0.551 bits per heavy atom. The minimum absolute atomic E-state index is 0.566. The van der Waals surface area contributed by atoms with Gasteiger partial charge in [-0.25, -0.2) is 110 Å². The van der Waals surface area contributed by atoms with Gasteiger partial charge < -0.3 is 0 Å². The van der Waals surface area contributed by atoms with Crippen LogP contribution in [0.3, 0.4) is 0 Å². The molecule has 0 aliphatic rings. The fraction of sp³-hybridized carbons (Fsp3) is 0.0244. The molecule has 0 atom stereocenters. The first kappa shape index (κ1) is 51.1. The summed E-state index contributed by atoms with van der Waals surface area (Å²) in [6.45, 7) is -0.566. The quantitative estimate of drug-likeness (QED) is 0.0390.